The number of hydrogen-bond acceptors (Lipinski definition) is 2. The SMILES string of the molecule is c1ccc(-c2ccc3ccc4ccc(-c5cc6c(cc5-c5ccccc5)C(c5ccccc5)(c5ccccc5)c5ccccc5-6)nc4c3n2)cc1. The molecule has 0 spiro atoms. The average molecular weight is 649 g/mol. The van der Waals surface area contributed by atoms with Crippen molar-refractivity contribution >= 4 is 21.8 Å². The molecule has 1 aliphatic carbocycles. The third-order valence-corrected chi connectivity index (χ3v) is 10.5. The van der Waals surface area contributed by atoms with E-state index in [4.69, 9.17) is 9.97 Å². The van der Waals surface area contributed by atoms with Crippen LogP contribution in [0.25, 0.3) is 66.6 Å². The summed E-state index contributed by atoms with van der Waals surface area (Å²) in [7, 11) is 0. The number of aromatic nitrogens is 2. The van der Waals surface area contributed by atoms with E-state index in [1.54, 1.807) is 0 Å². The maximum atomic E-state index is 5.47. The zero-order valence-electron chi connectivity index (χ0n) is 27.9. The van der Waals surface area contributed by atoms with Gasteiger partial charge in [-0.15, -0.1) is 0 Å². The first-order valence-electron chi connectivity index (χ1n) is 17.5. The van der Waals surface area contributed by atoms with Crippen LogP contribution in [0.4, 0.5) is 0 Å². The first-order valence-corrected chi connectivity index (χ1v) is 17.5. The summed E-state index contributed by atoms with van der Waals surface area (Å²) in [6.07, 6.45) is 0. The van der Waals surface area contributed by atoms with Gasteiger partial charge < -0.3 is 0 Å². The van der Waals surface area contributed by atoms with Gasteiger partial charge in [-0.25, -0.2) is 9.97 Å². The van der Waals surface area contributed by atoms with Crippen LogP contribution in [0.5, 0.6) is 0 Å². The summed E-state index contributed by atoms with van der Waals surface area (Å²) in [6.45, 7) is 0. The molecule has 238 valence electrons. The van der Waals surface area contributed by atoms with Crippen molar-refractivity contribution in [1.82, 2.24) is 9.97 Å². The zero-order valence-corrected chi connectivity index (χ0v) is 27.9. The van der Waals surface area contributed by atoms with E-state index < -0.39 is 5.41 Å². The first-order chi connectivity index (χ1) is 25.3. The van der Waals surface area contributed by atoms with Crippen LogP contribution in [0.1, 0.15) is 22.3 Å². The van der Waals surface area contributed by atoms with Gasteiger partial charge in [0.15, 0.2) is 0 Å². The van der Waals surface area contributed by atoms with Crippen molar-refractivity contribution in [1.29, 1.82) is 0 Å². The van der Waals surface area contributed by atoms with Gasteiger partial charge in [0.05, 0.1) is 27.8 Å². The van der Waals surface area contributed by atoms with E-state index in [-0.39, 0.29) is 0 Å². The number of rotatable bonds is 5. The molecule has 51 heavy (non-hydrogen) atoms. The molecule has 10 rings (SSSR count). The largest absolute Gasteiger partial charge is 0.245 e. The standard InChI is InChI=1S/C49H32N2/c1-5-15-33(16-6-1)40-32-44-41(39-23-13-14-24-43(39)49(44,37-19-9-3-10-20-37)38-21-11-4-12-22-38)31-42(40)46-30-28-36-26-25-35-27-29-45(34-17-7-2-8-18-34)50-47(35)48(36)51-46/h1-32H. The lowest BCUT2D eigenvalue weighted by atomic mass is 9.67. The fraction of sp³-hybridized carbons (Fsp3) is 0.0204. The molecule has 9 aromatic rings. The third kappa shape index (κ3) is 4.57. The van der Waals surface area contributed by atoms with Gasteiger partial charge >= 0.3 is 0 Å². The van der Waals surface area contributed by atoms with E-state index in [1.165, 1.54) is 33.4 Å². The Labute approximate surface area is 297 Å². The molecule has 0 unspecified atom stereocenters. The maximum absolute atomic E-state index is 5.47. The number of benzene rings is 7. The van der Waals surface area contributed by atoms with Gasteiger partial charge in [0.25, 0.3) is 0 Å². The molecule has 0 atom stereocenters. The van der Waals surface area contributed by atoms with Crippen molar-refractivity contribution in [3.8, 4) is 44.8 Å². The van der Waals surface area contributed by atoms with E-state index >= 15 is 0 Å². The van der Waals surface area contributed by atoms with E-state index in [0.717, 1.165) is 55.4 Å². The Kier molecular flexibility index (Phi) is 6.75. The Bertz CT molecular complexity index is 2680. The van der Waals surface area contributed by atoms with Crippen LogP contribution in [0.3, 0.4) is 0 Å². The van der Waals surface area contributed by atoms with Crippen LogP contribution in [0.15, 0.2) is 194 Å². The Hall–Kier alpha value is -6.64. The summed E-state index contributed by atoms with van der Waals surface area (Å²) >= 11 is 0. The molecule has 0 bridgehead atoms. The zero-order chi connectivity index (χ0) is 33.8. The van der Waals surface area contributed by atoms with Crippen molar-refractivity contribution in [3.05, 3.63) is 216 Å². The molecule has 0 fully saturated rings. The molecule has 2 aromatic heterocycles. The molecule has 0 N–H and O–H groups in total. The van der Waals surface area contributed by atoms with Gasteiger partial charge in [0.1, 0.15) is 0 Å². The summed E-state index contributed by atoms with van der Waals surface area (Å²) in [6, 6.07) is 69.8. The molecule has 0 radical (unpaired) electrons. The second-order valence-corrected chi connectivity index (χ2v) is 13.3. The molecule has 0 amide bonds. The summed E-state index contributed by atoms with van der Waals surface area (Å²) in [5.41, 5.74) is 15.3. The van der Waals surface area contributed by atoms with Crippen LogP contribution in [-0.4, -0.2) is 9.97 Å². The third-order valence-electron chi connectivity index (χ3n) is 10.5. The Balaban J connectivity index is 1.28. The summed E-state index contributed by atoms with van der Waals surface area (Å²) < 4.78 is 0. The fourth-order valence-corrected chi connectivity index (χ4v) is 8.24. The van der Waals surface area contributed by atoms with E-state index in [1.807, 2.05) is 6.07 Å². The van der Waals surface area contributed by atoms with Crippen LogP contribution in [-0.2, 0) is 5.41 Å². The monoisotopic (exact) mass is 648 g/mol. The van der Waals surface area contributed by atoms with E-state index in [9.17, 15) is 0 Å². The highest BCUT2D eigenvalue weighted by Gasteiger charge is 2.46. The molecule has 2 heterocycles. The molecule has 0 saturated heterocycles. The normalized spacial score (nSPS) is 12.9. The van der Waals surface area contributed by atoms with Gasteiger partial charge in [-0.2, -0.15) is 0 Å². The molecule has 0 saturated carbocycles. The lowest BCUT2D eigenvalue weighted by molar-refractivity contribution is 0.769. The van der Waals surface area contributed by atoms with Gasteiger partial charge in [0.2, 0.25) is 0 Å². The molecule has 7 aromatic carbocycles. The van der Waals surface area contributed by atoms with Crippen molar-refractivity contribution in [2.75, 3.05) is 0 Å². The quantitative estimate of drug-likeness (QED) is 0.174. The predicted molar refractivity (Wildman–Crippen MR) is 211 cm³/mol. The van der Waals surface area contributed by atoms with Gasteiger partial charge in [-0.05, 0) is 68.8 Å². The molecular weight excluding hydrogens is 617 g/mol. The molecule has 2 nitrogen and oxygen atoms in total. The number of fused-ring (bicyclic) bond motifs is 6. The minimum Gasteiger partial charge on any atom is -0.245 e. The second-order valence-electron chi connectivity index (χ2n) is 13.3. The lowest BCUT2D eigenvalue weighted by Crippen LogP contribution is -2.28. The molecule has 0 aliphatic heterocycles. The van der Waals surface area contributed by atoms with Crippen LogP contribution < -0.4 is 0 Å². The smallest absolute Gasteiger partial charge is 0.0972 e. The van der Waals surface area contributed by atoms with Crippen molar-refractivity contribution in [3.63, 3.8) is 0 Å². The topological polar surface area (TPSA) is 25.8 Å². The Morgan fingerprint density at radius 3 is 1.43 bits per heavy atom. The van der Waals surface area contributed by atoms with Crippen LogP contribution in [0.2, 0.25) is 0 Å². The maximum Gasteiger partial charge on any atom is 0.0972 e. The van der Waals surface area contributed by atoms with Gasteiger partial charge in [0, 0.05) is 21.9 Å². The highest BCUT2D eigenvalue weighted by atomic mass is 14.8. The summed E-state index contributed by atoms with van der Waals surface area (Å²) in [5, 5.41) is 2.15. The molecule has 2 heteroatoms. The highest BCUT2D eigenvalue weighted by molar-refractivity contribution is 6.05. The molecular formula is C49H32N2. The Morgan fingerprint density at radius 2 is 0.804 bits per heavy atom. The van der Waals surface area contributed by atoms with Crippen molar-refractivity contribution in [2.24, 2.45) is 0 Å². The van der Waals surface area contributed by atoms with Crippen molar-refractivity contribution in [2.45, 2.75) is 5.41 Å². The Morgan fingerprint density at radius 1 is 0.314 bits per heavy atom. The minimum absolute atomic E-state index is 0.485. The highest BCUT2D eigenvalue weighted by Crippen LogP contribution is 2.57. The first kappa shape index (κ1) is 29.3. The van der Waals surface area contributed by atoms with E-state index in [2.05, 4.69) is 188 Å². The average Bonchev–Trinajstić information content (AvgIpc) is 3.51. The summed E-state index contributed by atoms with van der Waals surface area (Å²) in [4.78, 5) is 10.7. The lowest BCUT2D eigenvalue weighted by Gasteiger charge is -2.34. The minimum atomic E-state index is -0.485. The second kappa shape index (κ2) is 11.8. The van der Waals surface area contributed by atoms with Crippen LogP contribution in [0, 0.1) is 0 Å². The number of hydrogen-bond donors (Lipinski definition) is 0. The fourth-order valence-electron chi connectivity index (χ4n) is 8.24. The van der Waals surface area contributed by atoms with Gasteiger partial charge in [-0.1, -0.05) is 170 Å². The number of pyridine rings is 2. The number of nitrogens with zero attached hydrogens (tertiary/aromatic N) is 2. The predicted octanol–water partition coefficient (Wildman–Crippen LogP) is 12.1. The molecule has 1 aliphatic rings. The van der Waals surface area contributed by atoms with Crippen molar-refractivity contribution < 1.29 is 0 Å². The summed E-state index contributed by atoms with van der Waals surface area (Å²) in [5.74, 6) is 0. The van der Waals surface area contributed by atoms with Crippen LogP contribution >= 0.6 is 0 Å². The van der Waals surface area contributed by atoms with Gasteiger partial charge in [-0.3, -0.25) is 0 Å². The van der Waals surface area contributed by atoms with E-state index in [0.29, 0.717) is 0 Å².